The zero-order chi connectivity index (χ0) is 36.9. The van der Waals surface area contributed by atoms with E-state index >= 15 is 0 Å². The van der Waals surface area contributed by atoms with Gasteiger partial charge in [-0.05, 0) is 60.7 Å². The maximum absolute atomic E-state index is 14.4. The summed E-state index contributed by atoms with van der Waals surface area (Å²) in [6.07, 6.45) is 1.23. The summed E-state index contributed by atoms with van der Waals surface area (Å²) in [7, 11) is 2.75. The number of allylic oxidation sites excluding steroid dienone is 2. The highest BCUT2D eigenvalue weighted by molar-refractivity contribution is 6.58. The zero-order valence-electron chi connectivity index (χ0n) is 26.7. The Bertz CT molecular complexity index is 2090. The van der Waals surface area contributed by atoms with Crippen LogP contribution < -0.4 is 14.7 Å². The molecule has 7 rings (SSSR count). The van der Waals surface area contributed by atoms with Crippen molar-refractivity contribution in [1.82, 2.24) is 0 Å². The number of alkyl halides is 2. The molecule has 0 bridgehead atoms. The number of imide groups is 2. The van der Waals surface area contributed by atoms with Gasteiger partial charge in [-0.25, -0.2) is 14.2 Å². The average molecular weight is 739 g/mol. The first kappa shape index (κ1) is 34.1. The van der Waals surface area contributed by atoms with Crippen LogP contribution in [0.5, 0.6) is 5.75 Å². The maximum atomic E-state index is 14.4. The summed E-state index contributed by atoms with van der Waals surface area (Å²) < 4.78 is 13.9. The highest BCUT2D eigenvalue weighted by atomic mass is 35.5. The first-order valence-electron chi connectivity index (χ1n) is 15.6. The minimum absolute atomic E-state index is 0.00258. The number of anilines is 3. The number of aromatic hydroxyl groups is 1. The van der Waals surface area contributed by atoms with E-state index in [1.807, 2.05) is 0 Å². The molecule has 0 aromatic heterocycles. The van der Waals surface area contributed by atoms with Crippen LogP contribution in [0.4, 0.5) is 32.8 Å². The second-order valence-electron chi connectivity index (χ2n) is 13.1. The summed E-state index contributed by atoms with van der Waals surface area (Å²) in [4.78, 5) is 77.9. The summed E-state index contributed by atoms with van der Waals surface area (Å²) in [5.74, 6) is -8.57. The summed E-state index contributed by atoms with van der Waals surface area (Å²) in [6.45, 7) is 0. The van der Waals surface area contributed by atoms with E-state index in [9.17, 15) is 48.9 Å². The van der Waals surface area contributed by atoms with Gasteiger partial charge in [-0.2, -0.15) is 0 Å². The third-order valence-electron chi connectivity index (χ3n) is 10.3. The fourth-order valence-corrected chi connectivity index (χ4v) is 9.08. The summed E-state index contributed by atoms with van der Waals surface area (Å²) in [5, 5.41) is 34.2. The third-order valence-corrected chi connectivity index (χ3v) is 11.7. The molecule has 0 radical (unpaired) electrons. The fraction of sp³-hybridized carbons (Fsp3) is 0.294. The molecule has 1 saturated carbocycles. The number of nitro benzene ring substituents is 2. The number of rotatable bonds is 6. The van der Waals surface area contributed by atoms with Gasteiger partial charge in [-0.1, -0.05) is 23.8 Å². The lowest BCUT2D eigenvalue weighted by molar-refractivity contribution is -0.392. The number of phenolic OH excluding ortho intramolecular Hbond substituents is 1. The molecule has 2 aliphatic carbocycles. The summed E-state index contributed by atoms with van der Waals surface area (Å²) in [5.41, 5.74) is -1.32. The minimum atomic E-state index is -2.21. The van der Waals surface area contributed by atoms with Crippen LogP contribution in [0.3, 0.4) is 0 Å². The van der Waals surface area contributed by atoms with E-state index in [4.69, 9.17) is 23.2 Å². The molecule has 2 aliphatic heterocycles. The number of phenols is 1. The summed E-state index contributed by atoms with van der Waals surface area (Å²) in [6, 6.07) is 12.1. The Labute approximate surface area is 297 Å². The lowest BCUT2D eigenvalue weighted by atomic mass is 9.56. The van der Waals surface area contributed by atoms with E-state index in [0.717, 1.165) is 29.2 Å². The van der Waals surface area contributed by atoms with Crippen molar-refractivity contribution in [3.8, 4) is 5.75 Å². The molecule has 4 amide bonds. The second-order valence-corrected chi connectivity index (χ2v) is 14.3. The van der Waals surface area contributed by atoms with Crippen molar-refractivity contribution >= 4 is 75.3 Å². The van der Waals surface area contributed by atoms with Crippen molar-refractivity contribution in [2.45, 2.75) is 28.5 Å². The minimum Gasteiger partial charge on any atom is -0.508 e. The van der Waals surface area contributed by atoms with E-state index in [2.05, 4.69) is 0 Å². The number of nitro groups is 2. The summed E-state index contributed by atoms with van der Waals surface area (Å²) >= 11 is 14.6. The van der Waals surface area contributed by atoms with Crippen molar-refractivity contribution in [2.75, 3.05) is 28.8 Å². The number of benzene rings is 3. The first-order chi connectivity index (χ1) is 24.0. The van der Waals surface area contributed by atoms with Gasteiger partial charge in [0.1, 0.15) is 11.6 Å². The van der Waals surface area contributed by atoms with Crippen molar-refractivity contribution in [2.24, 2.45) is 17.8 Å². The van der Waals surface area contributed by atoms with Gasteiger partial charge < -0.3 is 10.0 Å². The first-order valence-corrected chi connectivity index (χ1v) is 16.3. The highest BCUT2D eigenvalue weighted by Crippen LogP contribution is 2.66. The molecule has 3 aromatic rings. The van der Waals surface area contributed by atoms with Crippen molar-refractivity contribution in [1.29, 1.82) is 0 Å². The van der Waals surface area contributed by atoms with Gasteiger partial charge in [0.05, 0.1) is 33.1 Å². The van der Waals surface area contributed by atoms with Crippen LogP contribution in [0.15, 0.2) is 72.3 Å². The number of fused-ring (bicyclic) bond motifs is 4. The molecule has 51 heavy (non-hydrogen) atoms. The van der Waals surface area contributed by atoms with Gasteiger partial charge in [-0.3, -0.25) is 39.4 Å². The smallest absolute Gasteiger partial charge is 0.301 e. The zero-order valence-corrected chi connectivity index (χ0v) is 28.2. The molecular formula is C34H26Cl2FN5O9. The molecule has 3 aromatic carbocycles. The number of halogens is 3. The Balaban J connectivity index is 1.38. The monoisotopic (exact) mass is 737 g/mol. The fourth-order valence-electron chi connectivity index (χ4n) is 8.15. The van der Waals surface area contributed by atoms with Crippen LogP contribution in [-0.2, 0) is 19.2 Å². The second kappa shape index (κ2) is 11.6. The van der Waals surface area contributed by atoms with Gasteiger partial charge in [-0.15, -0.1) is 23.2 Å². The van der Waals surface area contributed by atoms with E-state index in [1.54, 1.807) is 6.08 Å². The quantitative estimate of drug-likeness (QED) is 0.116. The van der Waals surface area contributed by atoms with E-state index in [0.29, 0.717) is 16.0 Å². The van der Waals surface area contributed by atoms with E-state index in [-0.39, 0.29) is 29.2 Å². The van der Waals surface area contributed by atoms with Gasteiger partial charge in [0, 0.05) is 32.1 Å². The molecule has 0 spiro atoms. The SMILES string of the molecule is CN(C)c1c([N+](=O)[O-])cc(N2C(=O)C3CC=C4C(CC5(Cl)C(=O)N(c6ccc(F)cc6)C(=O)C5(Cl)C4c4ccc(O)cc4)C3C2=O)cc1[N+](=O)[O-]. The number of hydrogen-bond acceptors (Lipinski definition) is 10. The Morgan fingerprint density at radius 1 is 0.843 bits per heavy atom. The van der Waals surface area contributed by atoms with Gasteiger partial charge in [0.25, 0.3) is 11.8 Å². The van der Waals surface area contributed by atoms with Crippen molar-refractivity contribution in [3.05, 3.63) is 104 Å². The number of hydrogen-bond donors (Lipinski definition) is 1. The van der Waals surface area contributed by atoms with E-state index < -0.39 is 90.5 Å². The molecule has 17 heteroatoms. The highest BCUT2D eigenvalue weighted by Gasteiger charge is 2.76. The normalized spacial score (nSPS) is 28.3. The standard InChI is InChI=1S/C34H26Cl2FN5O9/c1-38(2)28-24(41(48)49)13-19(14-25(28)42(50)51)39-29(44)22-12-11-21-23(26(22)30(39)45)15-33(35)31(46)40(18-7-5-17(37)6-8-18)32(47)34(33,36)27(21)16-3-9-20(43)10-4-16/h3-11,13-14,22-23,26-27,43H,12,15H2,1-2H3. The topological polar surface area (TPSA) is 185 Å². The van der Waals surface area contributed by atoms with Crippen LogP contribution in [0.1, 0.15) is 24.3 Å². The maximum Gasteiger partial charge on any atom is 0.301 e. The van der Waals surface area contributed by atoms with Crippen LogP contribution in [0.2, 0.25) is 0 Å². The molecule has 3 fully saturated rings. The molecule has 262 valence electrons. The average Bonchev–Trinajstić information content (AvgIpc) is 3.42. The molecule has 1 N–H and O–H groups in total. The molecule has 4 aliphatic rings. The molecule has 2 heterocycles. The Kier molecular flexibility index (Phi) is 7.72. The third kappa shape index (κ3) is 4.67. The number of amides is 4. The predicted molar refractivity (Wildman–Crippen MR) is 181 cm³/mol. The lowest BCUT2D eigenvalue weighted by Crippen LogP contribution is -2.60. The van der Waals surface area contributed by atoms with Crippen LogP contribution in [0.25, 0.3) is 0 Å². The van der Waals surface area contributed by atoms with Crippen LogP contribution >= 0.6 is 23.2 Å². The Hall–Kier alpha value is -5.41. The van der Waals surface area contributed by atoms with Gasteiger partial charge >= 0.3 is 11.4 Å². The molecule has 6 unspecified atom stereocenters. The number of carbonyl (C=O) groups is 4. The lowest BCUT2D eigenvalue weighted by Gasteiger charge is -2.50. The number of nitrogens with zero attached hydrogens (tertiary/aromatic N) is 5. The molecule has 2 saturated heterocycles. The van der Waals surface area contributed by atoms with Gasteiger partial charge in [0.15, 0.2) is 15.4 Å². The van der Waals surface area contributed by atoms with E-state index in [1.165, 1.54) is 55.4 Å². The largest absolute Gasteiger partial charge is 0.508 e. The van der Waals surface area contributed by atoms with Crippen LogP contribution in [-0.4, -0.2) is 62.4 Å². The predicted octanol–water partition coefficient (Wildman–Crippen LogP) is 5.18. The Morgan fingerprint density at radius 3 is 1.98 bits per heavy atom. The van der Waals surface area contributed by atoms with Crippen LogP contribution in [0, 0.1) is 43.8 Å². The van der Waals surface area contributed by atoms with Gasteiger partial charge in [0.2, 0.25) is 11.8 Å². The van der Waals surface area contributed by atoms with Crippen molar-refractivity contribution < 1.29 is 38.5 Å². The number of carbonyl (C=O) groups excluding carboxylic acids is 4. The molecule has 6 atom stereocenters. The molecule has 14 nitrogen and oxygen atoms in total. The molecular weight excluding hydrogens is 712 g/mol. The Morgan fingerprint density at radius 2 is 1.43 bits per heavy atom. The van der Waals surface area contributed by atoms with Crippen molar-refractivity contribution in [3.63, 3.8) is 0 Å².